The highest BCUT2D eigenvalue weighted by Gasteiger charge is 2.26. The third kappa shape index (κ3) is 17.5. The number of carbonyl (C=O) groups is 8. The third-order valence-corrected chi connectivity index (χ3v) is 7.64. The summed E-state index contributed by atoms with van der Waals surface area (Å²) in [6.07, 6.45) is 7.23. The van der Waals surface area contributed by atoms with Crippen LogP contribution in [-0.4, -0.2) is 135 Å². The lowest BCUT2D eigenvalue weighted by molar-refractivity contribution is -0.139. The van der Waals surface area contributed by atoms with Crippen molar-refractivity contribution in [3.63, 3.8) is 0 Å². The van der Waals surface area contributed by atoms with E-state index in [-0.39, 0.29) is 49.8 Å². The van der Waals surface area contributed by atoms with E-state index in [1.165, 1.54) is 0 Å². The Labute approximate surface area is 292 Å². The standard InChI is InChI=1S/C34H50N4O12/c1-2-26(39)14-19-48-21-23-50-25-24-49-22-20-47-18-5-7-28(40)27(36-30(42)13-17-38-33(45)10-11-34(38)46)6-3-4-15-35-29(41)12-16-37-31(43)8-9-32(37)44/h8-11,27H,2-7,12-25H2,1H3,(H,35,41)(H,36,42). The molecule has 0 saturated heterocycles. The Bertz CT molecular complexity index is 1200. The summed E-state index contributed by atoms with van der Waals surface area (Å²) in [5.41, 5.74) is 0. The molecule has 1 atom stereocenters. The minimum Gasteiger partial charge on any atom is -0.379 e. The largest absolute Gasteiger partial charge is 0.379 e. The number of nitrogens with one attached hydrogen (secondary N) is 2. The molecule has 0 aromatic carbocycles. The van der Waals surface area contributed by atoms with E-state index in [2.05, 4.69) is 10.6 Å². The quantitative estimate of drug-likeness (QED) is 0.0758. The maximum atomic E-state index is 13.0. The van der Waals surface area contributed by atoms with E-state index in [0.29, 0.717) is 97.9 Å². The second kappa shape index (κ2) is 24.9. The molecule has 0 saturated carbocycles. The van der Waals surface area contributed by atoms with Gasteiger partial charge in [0.25, 0.3) is 23.6 Å². The number of carbonyl (C=O) groups excluding carboxylic acids is 8. The van der Waals surface area contributed by atoms with E-state index in [4.69, 9.17) is 18.9 Å². The number of ketones is 2. The minimum absolute atomic E-state index is 0.0167. The van der Waals surface area contributed by atoms with Crippen molar-refractivity contribution in [1.29, 1.82) is 0 Å². The zero-order chi connectivity index (χ0) is 36.6. The van der Waals surface area contributed by atoms with E-state index in [1.807, 2.05) is 6.92 Å². The number of nitrogens with zero attached hydrogens (tertiary/aromatic N) is 2. The molecule has 1 unspecified atom stereocenters. The Kier molecular flexibility index (Phi) is 21.0. The minimum atomic E-state index is -0.798. The smallest absolute Gasteiger partial charge is 0.253 e. The van der Waals surface area contributed by atoms with Crippen LogP contribution in [-0.2, 0) is 57.3 Å². The Morgan fingerprint density at radius 1 is 0.600 bits per heavy atom. The van der Waals surface area contributed by atoms with Crippen LogP contribution in [0, 0.1) is 0 Å². The predicted octanol–water partition coefficient (Wildman–Crippen LogP) is 0.173. The number of hydrogen-bond acceptors (Lipinski definition) is 12. The zero-order valence-electron chi connectivity index (χ0n) is 28.8. The lowest BCUT2D eigenvalue weighted by Gasteiger charge is -2.19. The molecule has 0 spiro atoms. The molecule has 6 amide bonds. The molecule has 2 heterocycles. The van der Waals surface area contributed by atoms with Gasteiger partial charge in [0.05, 0.1) is 52.3 Å². The fourth-order valence-corrected chi connectivity index (χ4v) is 4.75. The molecule has 16 nitrogen and oxygen atoms in total. The lowest BCUT2D eigenvalue weighted by Crippen LogP contribution is -2.42. The molecule has 0 aromatic rings. The first-order chi connectivity index (χ1) is 24.1. The predicted molar refractivity (Wildman–Crippen MR) is 177 cm³/mol. The topological polar surface area (TPSA) is 204 Å². The van der Waals surface area contributed by atoms with Crippen molar-refractivity contribution in [2.75, 3.05) is 72.5 Å². The monoisotopic (exact) mass is 706 g/mol. The highest BCUT2D eigenvalue weighted by atomic mass is 16.6. The molecule has 50 heavy (non-hydrogen) atoms. The molecule has 0 radical (unpaired) electrons. The summed E-state index contributed by atoms with van der Waals surface area (Å²) < 4.78 is 21.7. The van der Waals surface area contributed by atoms with Crippen molar-refractivity contribution in [3.05, 3.63) is 24.3 Å². The number of Topliss-reactive ketones (excluding diaryl/α,β-unsaturated/α-hetero) is 2. The van der Waals surface area contributed by atoms with Gasteiger partial charge in [-0.2, -0.15) is 0 Å². The average Bonchev–Trinajstić information content (AvgIpc) is 3.60. The molecule has 2 aliphatic rings. The van der Waals surface area contributed by atoms with Gasteiger partial charge in [-0.05, 0) is 25.7 Å². The van der Waals surface area contributed by atoms with E-state index in [1.54, 1.807) is 0 Å². The SMILES string of the molecule is CCC(=O)CCOCCOCCOCCOCCCC(=O)C(CCCCNC(=O)CCN1C(=O)C=CC1=O)NC(=O)CCN1C(=O)C=CC1=O. The first-order valence-electron chi connectivity index (χ1n) is 17.1. The maximum absolute atomic E-state index is 13.0. The molecular formula is C34H50N4O12. The molecule has 2 N–H and O–H groups in total. The van der Waals surface area contributed by atoms with Crippen molar-refractivity contribution in [2.45, 2.75) is 70.8 Å². The molecule has 2 aliphatic heterocycles. The number of hydrogen-bond donors (Lipinski definition) is 2. The fraction of sp³-hybridized carbons (Fsp3) is 0.647. The van der Waals surface area contributed by atoms with Crippen LogP contribution in [0.2, 0.25) is 0 Å². The molecular weight excluding hydrogens is 656 g/mol. The van der Waals surface area contributed by atoms with Crippen LogP contribution < -0.4 is 10.6 Å². The van der Waals surface area contributed by atoms with Crippen molar-refractivity contribution in [2.24, 2.45) is 0 Å². The second-order valence-corrected chi connectivity index (χ2v) is 11.5. The van der Waals surface area contributed by atoms with Gasteiger partial charge in [0, 0.05) is 82.6 Å². The average molecular weight is 707 g/mol. The van der Waals surface area contributed by atoms with Gasteiger partial charge in [-0.25, -0.2) is 0 Å². The molecule has 16 heteroatoms. The van der Waals surface area contributed by atoms with Crippen LogP contribution in [0.3, 0.4) is 0 Å². The van der Waals surface area contributed by atoms with Crippen molar-refractivity contribution in [3.8, 4) is 0 Å². The summed E-state index contributed by atoms with van der Waals surface area (Å²) in [6, 6.07) is -0.798. The fourth-order valence-electron chi connectivity index (χ4n) is 4.75. The number of unbranched alkanes of at least 4 members (excludes halogenated alkanes) is 1. The van der Waals surface area contributed by atoms with Gasteiger partial charge in [0.1, 0.15) is 5.78 Å². The summed E-state index contributed by atoms with van der Waals surface area (Å²) >= 11 is 0. The van der Waals surface area contributed by atoms with Crippen molar-refractivity contribution >= 4 is 47.0 Å². The molecule has 0 fully saturated rings. The lowest BCUT2D eigenvalue weighted by atomic mass is 10.0. The number of rotatable bonds is 30. The van der Waals surface area contributed by atoms with Gasteiger partial charge < -0.3 is 29.6 Å². The Morgan fingerprint density at radius 3 is 1.60 bits per heavy atom. The van der Waals surface area contributed by atoms with Gasteiger partial charge in [-0.3, -0.25) is 48.2 Å². The highest BCUT2D eigenvalue weighted by Crippen LogP contribution is 2.09. The summed E-state index contributed by atoms with van der Waals surface area (Å²) in [6.45, 7) is 4.99. The molecule has 0 aromatic heterocycles. The summed E-state index contributed by atoms with van der Waals surface area (Å²) in [4.78, 5) is 97.8. The van der Waals surface area contributed by atoms with Crippen LogP contribution in [0.15, 0.2) is 24.3 Å². The summed E-state index contributed by atoms with van der Waals surface area (Å²) in [7, 11) is 0. The third-order valence-electron chi connectivity index (χ3n) is 7.64. The maximum Gasteiger partial charge on any atom is 0.253 e. The Hall–Kier alpha value is -4.12. The Balaban J connectivity index is 1.62. The highest BCUT2D eigenvalue weighted by molar-refractivity contribution is 6.13. The van der Waals surface area contributed by atoms with Gasteiger partial charge in [0.2, 0.25) is 11.8 Å². The molecule has 278 valence electrons. The first-order valence-corrected chi connectivity index (χ1v) is 17.1. The Morgan fingerprint density at radius 2 is 1.08 bits per heavy atom. The van der Waals surface area contributed by atoms with E-state index < -0.39 is 35.6 Å². The summed E-state index contributed by atoms with van der Waals surface area (Å²) in [5, 5.41) is 5.44. The van der Waals surface area contributed by atoms with Gasteiger partial charge in [-0.1, -0.05) is 6.92 Å². The van der Waals surface area contributed by atoms with Crippen LogP contribution in [0.4, 0.5) is 0 Å². The van der Waals surface area contributed by atoms with Crippen LogP contribution in [0.25, 0.3) is 0 Å². The van der Waals surface area contributed by atoms with Gasteiger partial charge in [-0.15, -0.1) is 0 Å². The molecule has 0 aliphatic carbocycles. The number of amides is 6. The van der Waals surface area contributed by atoms with Crippen molar-refractivity contribution < 1.29 is 57.3 Å². The van der Waals surface area contributed by atoms with Crippen molar-refractivity contribution in [1.82, 2.24) is 20.4 Å². The van der Waals surface area contributed by atoms with Gasteiger partial charge >= 0.3 is 0 Å². The van der Waals surface area contributed by atoms with E-state index >= 15 is 0 Å². The summed E-state index contributed by atoms with van der Waals surface area (Å²) in [5.74, 6) is -2.71. The normalized spacial score (nSPS) is 14.6. The number of imide groups is 2. The number of ether oxygens (including phenoxy) is 4. The van der Waals surface area contributed by atoms with E-state index in [0.717, 1.165) is 34.1 Å². The van der Waals surface area contributed by atoms with Crippen LogP contribution in [0.1, 0.15) is 64.7 Å². The molecule has 0 bridgehead atoms. The van der Waals surface area contributed by atoms with E-state index in [9.17, 15) is 38.4 Å². The van der Waals surface area contributed by atoms with Gasteiger partial charge in [0.15, 0.2) is 5.78 Å². The second-order valence-electron chi connectivity index (χ2n) is 11.5. The van der Waals surface area contributed by atoms with Crippen LogP contribution in [0.5, 0.6) is 0 Å². The molecule has 2 rings (SSSR count). The van der Waals surface area contributed by atoms with Crippen LogP contribution >= 0.6 is 0 Å². The zero-order valence-corrected chi connectivity index (χ0v) is 28.8. The first kappa shape index (κ1) is 42.0.